The van der Waals surface area contributed by atoms with E-state index in [1.807, 2.05) is 0 Å². The molecular weight excluding hydrogens is 284 g/mol. The van der Waals surface area contributed by atoms with Gasteiger partial charge in [-0.3, -0.25) is 4.79 Å². The fraction of sp³-hybridized carbons (Fsp3) is 0.650. The van der Waals surface area contributed by atoms with Crippen LogP contribution in [-0.4, -0.2) is 48.9 Å². The molecule has 2 rings (SSSR count). The summed E-state index contributed by atoms with van der Waals surface area (Å²) in [7, 11) is 4.34. The van der Waals surface area contributed by atoms with Crippen molar-refractivity contribution < 1.29 is 4.79 Å². The van der Waals surface area contributed by atoms with Crippen molar-refractivity contribution in [1.82, 2.24) is 9.80 Å². The number of nitrogens with zero attached hydrogens (tertiary/aromatic N) is 2. The molecule has 23 heavy (non-hydrogen) atoms. The zero-order valence-corrected chi connectivity index (χ0v) is 15.2. The monoisotopic (exact) mass is 316 g/mol. The first kappa shape index (κ1) is 18.0. The molecule has 128 valence electrons. The number of piperidine rings is 1. The molecule has 1 aliphatic heterocycles. The molecule has 1 aliphatic rings. The van der Waals surface area contributed by atoms with Gasteiger partial charge in [0, 0.05) is 25.6 Å². The highest BCUT2D eigenvalue weighted by Crippen LogP contribution is 2.25. The molecule has 0 aliphatic carbocycles. The van der Waals surface area contributed by atoms with Crippen molar-refractivity contribution in [3.63, 3.8) is 0 Å². The summed E-state index contributed by atoms with van der Waals surface area (Å²) in [6.07, 6.45) is 4.95. The fourth-order valence-corrected chi connectivity index (χ4v) is 3.75. The van der Waals surface area contributed by atoms with Gasteiger partial charge in [0.1, 0.15) is 0 Å². The minimum Gasteiger partial charge on any atom is -0.342 e. The second kappa shape index (κ2) is 8.49. The summed E-state index contributed by atoms with van der Waals surface area (Å²) < 4.78 is 0. The van der Waals surface area contributed by atoms with E-state index in [1.54, 1.807) is 0 Å². The number of carbonyl (C=O) groups excluding carboxylic acids is 1. The van der Waals surface area contributed by atoms with Gasteiger partial charge >= 0.3 is 0 Å². The Morgan fingerprint density at radius 3 is 2.78 bits per heavy atom. The molecule has 3 heteroatoms. The lowest BCUT2D eigenvalue weighted by atomic mass is 9.85. The minimum atomic E-state index is 0.346. The third-order valence-corrected chi connectivity index (χ3v) is 5.03. The highest BCUT2D eigenvalue weighted by molar-refractivity contribution is 5.76. The number of benzene rings is 1. The molecule has 1 fully saturated rings. The maximum Gasteiger partial charge on any atom is 0.222 e. The van der Waals surface area contributed by atoms with E-state index in [4.69, 9.17) is 0 Å². The van der Waals surface area contributed by atoms with Crippen LogP contribution in [0.5, 0.6) is 0 Å². The van der Waals surface area contributed by atoms with E-state index in [9.17, 15) is 4.79 Å². The van der Waals surface area contributed by atoms with E-state index in [0.717, 1.165) is 38.8 Å². The molecule has 0 aromatic heterocycles. The van der Waals surface area contributed by atoms with Crippen molar-refractivity contribution in [2.75, 3.05) is 27.2 Å². The summed E-state index contributed by atoms with van der Waals surface area (Å²) in [5, 5.41) is 0. The fourth-order valence-electron chi connectivity index (χ4n) is 3.75. The molecule has 1 saturated heterocycles. The standard InChI is InChI=1S/C20H32N2O/c1-5-6-10-20(23)22-12-11-19(21(3)4)18(15-22)14-17-9-7-8-16(2)13-17/h7-9,13,18-19H,5-6,10-12,14-15H2,1-4H3/t18-,19-/m0/s1. The van der Waals surface area contributed by atoms with Gasteiger partial charge in [0.05, 0.1) is 0 Å². The Bertz CT molecular complexity index is 512. The molecule has 0 saturated carbocycles. The third-order valence-electron chi connectivity index (χ3n) is 5.03. The van der Waals surface area contributed by atoms with Crippen LogP contribution in [0, 0.1) is 12.8 Å². The molecule has 0 bridgehead atoms. The largest absolute Gasteiger partial charge is 0.342 e. The molecule has 0 spiro atoms. The average molecular weight is 316 g/mol. The van der Waals surface area contributed by atoms with Crippen LogP contribution < -0.4 is 0 Å². The van der Waals surface area contributed by atoms with Crippen molar-refractivity contribution in [2.24, 2.45) is 5.92 Å². The Morgan fingerprint density at radius 1 is 1.35 bits per heavy atom. The molecule has 1 amide bonds. The highest BCUT2D eigenvalue weighted by atomic mass is 16.2. The number of carbonyl (C=O) groups is 1. The number of hydrogen-bond acceptors (Lipinski definition) is 2. The van der Waals surface area contributed by atoms with Crippen LogP contribution in [0.2, 0.25) is 0 Å². The lowest BCUT2D eigenvalue weighted by molar-refractivity contribution is -0.134. The molecule has 1 heterocycles. The van der Waals surface area contributed by atoms with Crippen molar-refractivity contribution in [3.05, 3.63) is 35.4 Å². The minimum absolute atomic E-state index is 0.346. The van der Waals surface area contributed by atoms with Gasteiger partial charge in [-0.05, 0) is 51.8 Å². The normalized spacial score (nSPS) is 21.7. The van der Waals surface area contributed by atoms with Gasteiger partial charge in [-0.1, -0.05) is 43.2 Å². The van der Waals surface area contributed by atoms with E-state index in [-0.39, 0.29) is 0 Å². The van der Waals surface area contributed by atoms with Crippen LogP contribution in [0.25, 0.3) is 0 Å². The molecule has 3 nitrogen and oxygen atoms in total. The Hall–Kier alpha value is -1.35. The average Bonchev–Trinajstić information content (AvgIpc) is 2.52. The van der Waals surface area contributed by atoms with Gasteiger partial charge in [0.2, 0.25) is 5.91 Å². The predicted molar refractivity (Wildman–Crippen MR) is 96.6 cm³/mol. The zero-order valence-electron chi connectivity index (χ0n) is 15.2. The van der Waals surface area contributed by atoms with Crippen molar-refractivity contribution in [3.8, 4) is 0 Å². The Labute approximate surface area is 141 Å². The molecular formula is C20H32N2O. The van der Waals surface area contributed by atoms with Gasteiger partial charge in [-0.25, -0.2) is 0 Å². The molecule has 1 aromatic rings. The first-order valence-corrected chi connectivity index (χ1v) is 9.01. The number of unbranched alkanes of at least 4 members (excludes halogenated alkanes) is 1. The number of rotatable bonds is 6. The lowest BCUT2D eigenvalue weighted by Crippen LogP contribution is -2.51. The van der Waals surface area contributed by atoms with E-state index < -0.39 is 0 Å². The van der Waals surface area contributed by atoms with Gasteiger partial charge < -0.3 is 9.80 Å². The van der Waals surface area contributed by atoms with Crippen LogP contribution in [-0.2, 0) is 11.2 Å². The molecule has 1 aromatic carbocycles. The maximum atomic E-state index is 12.4. The van der Waals surface area contributed by atoms with E-state index in [1.165, 1.54) is 11.1 Å². The number of aryl methyl sites for hydroxylation is 1. The van der Waals surface area contributed by atoms with E-state index in [2.05, 4.69) is 62.0 Å². The maximum absolute atomic E-state index is 12.4. The third kappa shape index (κ3) is 5.07. The molecule has 2 atom stereocenters. The summed E-state index contributed by atoms with van der Waals surface area (Å²) in [5.74, 6) is 0.865. The smallest absolute Gasteiger partial charge is 0.222 e. The second-order valence-electron chi connectivity index (χ2n) is 7.22. The first-order valence-electron chi connectivity index (χ1n) is 9.01. The molecule has 0 N–H and O–H groups in total. The van der Waals surface area contributed by atoms with Gasteiger partial charge in [0.15, 0.2) is 0 Å². The van der Waals surface area contributed by atoms with Crippen molar-refractivity contribution in [1.29, 1.82) is 0 Å². The quantitative estimate of drug-likeness (QED) is 0.802. The van der Waals surface area contributed by atoms with Crippen LogP contribution in [0.1, 0.15) is 43.7 Å². The van der Waals surface area contributed by atoms with Crippen LogP contribution >= 0.6 is 0 Å². The first-order chi connectivity index (χ1) is 11.0. The number of hydrogen-bond donors (Lipinski definition) is 0. The molecule has 0 unspecified atom stereocenters. The topological polar surface area (TPSA) is 23.6 Å². The second-order valence-corrected chi connectivity index (χ2v) is 7.22. The Kier molecular flexibility index (Phi) is 6.64. The number of likely N-dealkylation sites (tertiary alicyclic amines) is 1. The summed E-state index contributed by atoms with van der Waals surface area (Å²) >= 11 is 0. The lowest BCUT2D eigenvalue weighted by Gasteiger charge is -2.42. The highest BCUT2D eigenvalue weighted by Gasteiger charge is 2.32. The van der Waals surface area contributed by atoms with Crippen LogP contribution in [0.15, 0.2) is 24.3 Å². The molecule has 0 radical (unpaired) electrons. The van der Waals surface area contributed by atoms with Crippen molar-refractivity contribution >= 4 is 5.91 Å². The zero-order chi connectivity index (χ0) is 16.8. The van der Waals surface area contributed by atoms with E-state index >= 15 is 0 Å². The van der Waals surface area contributed by atoms with Gasteiger partial charge in [0.25, 0.3) is 0 Å². The van der Waals surface area contributed by atoms with Crippen LogP contribution in [0.4, 0.5) is 0 Å². The van der Waals surface area contributed by atoms with Gasteiger partial charge in [-0.15, -0.1) is 0 Å². The SMILES string of the molecule is CCCCC(=O)N1CC[C@H](N(C)C)[C@@H](Cc2cccc(C)c2)C1. The Balaban J connectivity index is 2.06. The van der Waals surface area contributed by atoms with Crippen LogP contribution in [0.3, 0.4) is 0 Å². The van der Waals surface area contributed by atoms with E-state index in [0.29, 0.717) is 24.3 Å². The summed E-state index contributed by atoms with van der Waals surface area (Å²) in [4.78, 5) is 16.8. The predicted octanol–water partition coefficient (Wildman–Crippen LogP) is 3.51. The summed E-state index contributed by atoms with van der Waals surface area (Å²) in [5.41, 5.74) is 2.71. The number of amides is 1. The van der Waals surface area contributed by atoms with Crippen molar-refractivity contribution in [2.45, 2.75) is 52.0 Å². The summed E-state index contributed by atoms with van der Waals surface area (Å²) in [6.45, 7) is 6.11. The summed E-state index contributed by atoms with van der Waals surface area (Å²) in [6, 6.07) is 9.35. The Morgan fingerprint density at radius 2 is 2.13 bits per heavy atom. The van der Waals surface area contributed by atoms with Gasteiger partial charge in [-0.2, -0.15) is 0 Å².